The van der Waals surface area contributed by atoms with Gasteiger partial charge in [0.15, 0.2) is 11.0 Å². The molecule has 4 atom stereocenters. The van der Waals surface area contributed by atoms with Crippen LogP contribution in [0.15, 0.2) is 42.1 Å². The summed E-state index contributed by atoms with van der Waals surface area (Å²) < 4.78 is 7.46. The Morgan fingerprint density at radius 2 is 2.13 bits per heavy atom. The van der Waals surface area contributed by atoms with Crippen LogP contribution in [0.4, 0.5) is 0 Å². The third-order valence-corrected chi connectivity index (χ3v) is 7.14. The third kappa shape index (κ3) is 4.89. The molecular weight excluding hydrogens is 396 g/mol. The van der Waals surface area contributed by atoms with Crippen LogP contribution >= 0.6 is 11.8 Å². The second-order valence-corrected chi connectivity index (χ2v) is 9.36. The number of rotatable bonds is 8. The fourth-order valence-corrected chi connectivity index (χ4v) is 4.86. The molecule has 4 unspecified atom stereocenters. The molecule has 7 heteroatoms. The van der Waals surface area contributed by atoms with Crippen molar-refractivity contribution >= 4 is 17.7 Å². The number of carbonyl (C=O) groups is 1. The van der Waals surface area contributed by atoms with E-state index in [2.05, 4.69) is 35.9 Å². The maximum absolute atomic E-state index is 12.9. The van der Waals surface area contributed by atoms with Crippen molar-refractivity contribution in [2.45, 2.75) is 63.0 Å². The molecule has 0 bridgehead atoms. The molecule has 162 valence electrons. The first-order valence-corrected chi connectivity index (χ1v) is 11.5. The molecule has 1 aromatic heterocycles. The van der Waals surface area contributed by atoms with Gasteiger partial charge in [-0.05, 0) is 37.3 Å². The predicted octanol–water partition coefficient (Wildman–Crippen LogP) is 4.56. The highest BCUT2D eigenvalue weighted by Gasteiger charge is 2.30. The lowest BCUT2D eigenvalue weighted by Gasteiger charge is -2.35. The maximum atomic E-state index is 12.9. The largest absolute Gasteiger partial charge is 0.496 e. The Balaban J connectivity index is 1.76. The second kappa shape index (κ2) is 10.2. The molecule has 1 heterocycles. The number of thioether (sulfide) groups is 1. The van der Waals surface area contributed by atoms with Gasteiger partial charge in [0, 0.05) is 12.6 Å². The van der Waals surface area contributed by atoms with Crippen LogP contribution in [0, 0.1) is 11.8 Å². The summed E-state index contributed by atoms with van der Waals surface area (Å²) in [5, 5.41) is 12.5. The van der Waals surface area contributed by atoms with E-state index >= 15 is 0 Å². The van der Waals surface area contributed by atoms with Crippen molar-refractivity contribution in [1.29, 1.82) is 0 Å². The number of ether oxygens (including phenoxy) is 1. The van der Waals surface area contributed by atoms with Crippen LogP contribution in [-0.4, -0.2) is 39.1 Å². The van der Waals surface area contributed by atoms with Gasteiger partial charge in [-0.3, -0.25) is 9.36 Å². The third-order valence-electron chi connectivity index (χ3n) is 6.06. The second-order valence-electron chi connectivity index (χ2n) is 8.05. The average Bonchev–Trinajstić information content (AvgIpc) is 3.13. The van der Waals surface area contributed by atoms with Gasteiger partial charge in [-0.2, -0.15) is 0 Å². The Morgan fingerprint density at radius 3 is 2.87 bits per heavy atom. The van der Waals surface area contributed by atoms with E-state index in [9.17, 15) is 4.79 Å². The van der Waals surface area contributed by atoms with Crippen LogP contribution in [0.3, 0.4) is 0 Å². The number of methoxy groups -OCH3 is 1. The van der Waals surface area contributed by atoms with Gasteiger partial charge in [0.1, 0.15) is 5.75 Å². The number of amides is 1. The van der Waals surface area contributed by atoms with Crippen LogP contribution in [0.25, 0.3) is 11.4 Å². The highest BCUT2D eigenvalue weighted by molar-refractivity contribution is 8.00. The molecular formula is C23H32N4O2S. The van der Waals surface area contributed by atoms with E-state index in [1.54, 1.807) is 7.11 Å². The number of para-hydroxylation sites is 1. The van der Waals surface area contributed by atoms with Gasteiger partial charge in [0.05, 0.1) is 17.9 Å². The first kappa shape index (κ1) is 22.4. The first-order valence-electron chi connectivity index (χ1n) is 10.6. The lowest BCUT2D eigenvalue weighted by molar-refractivity contribution is -0.121. The number of nitrogens with one attached hydrogen (secondary N) is 1. The number of carbonyl (C=O) groups excluding carboxylic acids is 1. The molecule has 1 fully saturated rings. The van der Waals surface area contributed by atoms with Gasteiger partial charge >= 0.3 is 0 Å². The van der Waals surface area contributed by atoms with Crippen molar-refractivity contribution in [3.8, 4) is 17.1 Å². The van der Waals surface area contributed by atoms with Crippen LogP contribution in [0.5, 0.6) is 5.75 Å². The Bertz CT molecular complexity index is 882. The summed E-state index contributed by atoms with van der Waals surface area (Å²) in [4.78, 5) is 12.9. The van der Waals surface area contributed by atoms with E-state index in [0.29, 0.717) is 29.4 Å². The Labute approximate surface area is 183 Å². The van der Waals surface area contributed by atoms with E-state index in [-0.39, 0.29) is 17.2 Å². The summed E-state index contributed by atoms with van der Waals surface area (Å²) >= 11 is 1.43. The minimum atomic E-state index is -0.271. The summed E-state index contributed by atoms with van der Waals surface area (Å²) in [5.41, 5.74) is 0.864. The fraction of sp³-hybridized carbons (Fsp3) is 0.522. The van der Waals surface area contributed by atoms with Crippen molar-refractivity contribution < 1.29 is 9.53 Å². The molecule has 1 amide bonds. The van der Waals surface area contributed by atoms with Gasteiger partial charge in [0.25, 0.3) is 0 Å². The molecule has 1 aliphatic carbocycles. The zero-order valence-electron chi connectivity index (χ0n) is 18.3. The van der Waals surface area contributed by atoms with Crippen LogP contribution < -0.4 is 10.1 Å². The average molecular weight is 429 g/mol. The van der Waals surface area contributed by atoms with Crippen molar-refractivity contribution in [1.82, 2.24) is 20.1 Å². The SMILES string of the molecule is C=CCn1c(SC(C)C(=O)NC2CCCC(C)C2C)nnc1-c1ccccc1OC. The van der Waals surface area contributed by atoms with Gasteiger partial charge in [-0.25, -0.2) is 0 Å². The minimum Gasteiger partial charge on any atom is -0.496 e. The van der Waals surface area contributed by atoms with Crippen LogP contribution in [-0.2, 0) is 11.3 Å². The normalized spacial score (nSPS) is 22.3. The smallest absolute Gasteiger partial charge is 0.233 e. The van der Waals surface area contributed by atoms with Crippen LogP contribution in [0.1, 0.15) is 40.0 Å². The molecule has 0 saturated heterocycles. The molecule has 1 aromatic carbocycles. The lowest BCUT2D eigenvalue weighted by Crippen LogP contribution is -2.46. The predicted molar refractivity (Wildman–Crippen MR) is 122 cm³/mol. The van der Waals surface area contributed by atoms with Crippen molar-refractivity contribution in [2.75, 3.05) is 7.11 Å². The van der Waals surface area contributed by atoms with Crippen LogP contribution in [0.2, 0.25) is 0 Å². The van der Waals surface area contributed by atoms with Gasteiger partial charge in [-0.15, -0.1) is 16.8 Å². The van der Waals surface area contributed by atoms with E-state index in [1.165, 1.54) is 24.6 Å². The summed E-state index contributed by atoms with van der Waals surface area (Å²) in [5.74, 6) is 2.64. The highest BCUT2D eigenvalue weighted by Crippen LogP contribution is 2.33. The fourth-order valence-electron chi connectivity index (χ4n) is 4.00. The number of benzene rings is 1. The first-order chi connectivity index (χ1) is 14.5. The topological polar surface area (TPSA) is 69.0 Å². The van der Waals surface area contributed by atoms with Gasteiger partial charge in [-0.1, -0.05) is 56.7 Å². The maximum Gasteiger partial charge on any atom is 0.233 e. The number of aromatic nitrogens is 3. The molecule has 1 saturated carbocycles. The number of hydrogen-bond donors (Lipinski definition) is 1. The number of hydrogen-bond acceptors (Lipinski definition) is 5. The molecule has 0 radical (unpaired) electrons. The Morgan fingerprint density at radius 1 is 1.37 bits per heavy atom. The summed E-state index contributed by atoms with van der Waals surface area (Å²) in [6.07, 6.45) is 5.28. The lowest BCUT2D eigenvalue weighted by atomic mass is 9.78. The number of nitrogens with zero attached hydrogens (tertiary/aromatic N) is 3. The number of allylic oxidation sites excluding steroid dienone is 1. The molecule has 6 nitrogen and oxygen atoms in total. The Hall–Kier alpha value is -2.28. The molecule has 0 spiro atoms. The zero-order valence-corrected chi connectivity index (χ0v) is 19.1. The highest BCUT2D eigenvalue weighted by atomic mass is 32.2. The zero-order chi connectivity index (χ0) is 21.7. The minimum absolute atomic E-state index is 0.0537. The van der Waals surface area contributed by atoms with E-state index in [0.717, 1.165) is 17.7 Å². The molecule has 30 heavy (non-hydrogen) atoms. The van der Waals surface area contributed by atoms with Crippen molar-refractivity contribution in [3.63, 3.8) is 0 Å². The van der Waals surface area contributed by atoms with E-state index in [4.69, 9.17) is 4.74 Å². The monoisotopic (exact) mass is 428 g/mol. The quantitative estimate of drug-likeness (QED) is 0.493. The van der Waals surface area contributed by atoms with Crippen molar-refractivity contribution in [2.24, 2.45) is 11.8 Å². The standard InChI is InChI=1S/C23H32N4O2S/c1-6-14-27-21(18-11-7-8-13-20(18)29-5)25-26-23(27)30-17(4)22(28)24-19-12-9-10-15(2)16(19)3/h6-8,11,13,15-17,19H,1,9-10,12,14H2,2-5H3,(H,24,28). The molecule has 1 aliphatic rings. The van der Waals surface area contributed by atoms with Gasteiger partial charge in [0.2, 0.25) is 5.91 Å². The van der Waals surface area contributed by atoms with Gasteiger partial charge < -0.3 is 10.1 Å². The Kier molecular flexibility index (Phi) is 7.58. The summed E-state index contributed by atoms with van der Waals surface area (Å²) in [6, 6.07) is 7.97. The summed E-state index contributed by atoms with van der Waals surface area (Å²) in [7, 11) is 1.64. The molecule has 0 aliphatic heterocycles. The summed E-state index contributed by atoms with van der Waals surface area (Å²) in [6.45, 7) is 10.9. The molecule has 2 aromatic rings. The van der Waals surface area contributed by atoms with E-state index in [1.807, 2.05) is 41.8 Å². The van der Waals surface area contributed by atoms with E-state index < -0.39 is 0 Å². The molecule has 1 N–H and O–H groups in total. The van der Waals surface area contributed by atoms with Crippen molar-refractivity contribution in [3.05, 3.63) is 36.9 Å². The molecule has 3 rings (SSSR count).